The van der Waals surface area contributed by atoms with Gasteiger partial charge in [-0.3, -0.25) is 0 Å². The van der Waals surface area contributed by atoms with Crippen LogP contribution in [0.25, 0.3) is 0 Å². The molecule has 18 heavy (non-hydrogen) atoms. The average Bonchev–Trinajstić information content (AvgIpc) is 2.34. The number of aliphatic hydroxyl groups is 1. The molecule has 0 aromatic heterocycles. The van der Waals surface area contributed by atoms with Crippen LogP contribution in [-0.2, 0) is 0 Å². The lowest BCUT2D eigenvalue weighted by Gasteiger charge is -2.26. The minimum atomic E-state index is -0.422. The zero-order valence-electron chi connectivity index (χ0n) is 12.1. The molecule has 0 aliphatic carbocycles. The maximum atomic E-state index is 10.2. The summed E-state index contributed by atoms with van der Waals surface area (Å²) >= 11 is 0. The third kappa shape index (κ3) is 3.82. The lowest BCUT2D eigenvalue weighted by Crippen LogP contribution is -2.18. The van der Waals surface area contributed by atoms with E-state index in [9.17, 15) is 5.11 Å². The molecule has 0 fully saturated rings. The minimum absolute atomic E-state index is 0.127. The topological polar surface area (TPSA) is 46.2 Å². The average molecular weight is 249 g/mol. The number of hydrogen-bond donors (Lipinski definition) is 2. The molecule has 1 aromatic carbocycles. The van der Waals surface area contributed by atoms with E-state index in [1.54, 1.807) is 0 Å². The molecular weight excluding hydrogens is 222 g/mol. The Labute approximate surface area is 111 Å². The highest BCUT2D eigenvalue weighted by molar-refractivity contribution is 5.27. The Morgan fingerprint density at radius 1 is 1.11 bits per heavy atom. The van der Waals surface area contributed by atoms with Crippen molar-refractivity contribution >= 4 is 0 Å². The van der Waals surface area contributed by atoms with Crippen LogP contribution in [0.1, 0.15) is 63.7 Å². The van der Waals surface area contributed by atoms with Gasteiger partial charge in [0, 0.05) is 0 Å². The lowest BCUT2D eigenvalue weighted by molar-refractivity contribution is 0.0626. The first-order valence-electron chi connectivity index (χ1n) is 6.88. The monoisotopic (exact) mass is 249 g/mol. The van der Waals surface area contributed by atoms with Crippen LogP contribution in [-0.4, -0.2) is 11.7 Å². The number of aliphatic hydroxyl groups excluding tert-OH is 1. The molecule has 102 valence electrons. The first kappa shape index (κ1) is 15.2. The summed E-state index contributed by atoms with van der Waals surface area (Å²) in [5.41, 5.74) is 7.95. The summed E-state index contributed by atoms with van der Waals surface area (Å²) in [6.07, 6.45) is 1.85. The van der Waals surface area contributed by atoms with E-state index >= 15 is 0 Å². The number of nitrogens with two attached hydrogens (primary N) is 1. The van der Waals surface area contributed by atoms with Crippen molar-refractivity contribution in [2.45, 2.75) is 52.6 Å². The number of benzene rings is 1. The SMILES string of the molecule is CCCC(CN)c1ccc(C(O)C(C)(C)C)cc1. The molecule has 0 spiro atoms. The Morgan fingerprint density at radius 3 is 2.00 bits per heavy atom. The molecule has 0 amide bonds. The van der Waals surface area contributed by atoms with E-state index in [0.29, 0.717) is 12.5 Å². The van der Waals surface area contributed by atoms with Crippen LogP contribution in [0.4, 0.5) is 0 Å². The molecule has 2 atom stereocenters. The summed E-state index contributed by atoms with van der Waals surface area (Å²) < 4.78 is 0. The molecule has 0 heterocycles. The highest BCUT2D eigenvalue weighted by atomic mass is 16.3. The first-order valence-corrected chi connectivity index (χ1v) is 6.88. The van der Waals surface area contributed by atoms with E-state index in [1.165, 1.54) is 5.56 Å². The van der Waals surface area contributed by atoms with Gasteiger partial charge in [-0.2, -0.15) is 0 Å². The molecule has 1 aromatic rings. The lowest BCUT2D eigenvalue weighted by atomic mass is 9.84. The summed E-state index contributed by atoms with van der Waals surface area (Å²) in [7, 11) is 0. The minimum Gasteiger partial charge on any atom is -0.388 e. The molecule has 2 heteroatoms. The summed E-state index contributed by atoms with van der Waals surface area (Å²) in [5, 5.41) is 10.2. The van der Waals surface area contributed by atoms with Crippen LogP contribution in [0.5, 0.6) is 0 Å². The molecule has 2 unspecified atom stereocenters. The maximum Gasteiger partial charge on any atom is 0.0838 e. The fraction of sp³-hybridized carbons (Fsp3) is 0.625. The molecule has 2 nitrogen and oxygen atoms in total. The third-order valence-corrected chi connectivity index (χ3v) is 3.47. The summed E-state index contributed by atoms with van der Waals surface area (Å²) in [4.78, 5) is 0. The van der Waals surface area contributed by atoms with Crippen molar-refractivity contribution < 1.29 is 5.11 Å². The van der Waals surface area contributed by atoms with Crippen LogP contribution in [0.15, 0.2) is 24.3 Å². The van der Waals surface area contributed by atoms with E-state index in [1.807, 2.05) is 32.9 Å². The molecule has 0 aliphatic rings. The standard InChI is InChI=1S/C16H27NO/c1-5-6-14(11-17)12-7-9-13(10-8-12)15(18)16(2,3)4/h7-10,14-15,18H,5-6,11,17H2,1-4H3. The van der Waals surface area contributed by atoms with Gasteiger partial charge in [0.25, 0.3) is 0 Å². The van der Waals surface area contributed by atoms with Gasteiger partial charge < -0.3 is 10.8 Å². The molecule has 3 N–H and O–H groups in total. The van der Waals surface area contributed by atoms with Crippen molar-refractivity contribution in [2.75, 3.05) is 6.54 Å². The molecule has 0 saturated heterocycles. The Kier molecular flexibility index (Phi) is 5.36. The van der Waals surface area contributed by atoms with Crippen LogP contribution in [0.2, 0.25) is 0 Å². The quantitative estimate of drug-likeness (QED) is 0.837. The molecule has 0 saturated carbocycles. The van der Waals surface area contributed by atoms with Crippen molar-refractivity contribution in [1.82, 2.24) is 0 Å². The Morgan fingerprint density at radius 2 is 1.61 bits per heavy atom. The van der Waals surface area contributed by atoms with Crippen LogP contribution in [0.3, 0.4) is 0 Å². The van der Waals surface area contributed by atoms with Gasteiger partial charge in [-0.15, -0.1) is 0 Å². The summed E-state index contributed by atoms with van der Waals surface area (Å²) in [5.74, 6) is 0.441. The van der Waals surface area contributed by atoms with Crippen LogP contribution in [0, 0.1) is 5.41 Å². The zero-order valence-corrected chi connectivity index (χ0v) is 12.1. The molecule has 0 bridgehead atoms. The fourth-order valence-corrected chi connectivity index (χ4v) is 2.22. The van der Waals surface area contributed by atoms with E-state index in [4.69, 9.17) is 5.73 Å². The van der Waals surface area contributed by atoms with Gasteiger partial charge in [-0.25, -0.2) is 0 Å². The van der Waals surface area contributed by atoms with Gasteiger partial charge in [0.2, 0.25) is 0 Å². The second-order valence-corrected chi connectivity index (χ2v) is 6.16. The van der Waals surface area contributed by atoms with Crippen molar-refractivity contribution in [3.8, 4) is 0 Å². The zero-order chi connectivity index (χ0) is 13.8. The Hall–Kier alpha value is -0.860. The van der Waals surface area contributed by atoms with Crippen LogP contribution >= 0.6 is 0 Å². The van der Waals surface area contributed by atoms with Crippen LogP contribution < -0.4 is 5.73 Å². The second kappa shape index (κ2) is 6.35. The maximum absolute atomic E-state index is 10.2. The summed E-state index contributed by atoms with van der Waals surface area (Å²) in [6.45, 7) is 9.01. The predicted molar refractivity (Wildman–Crippen MR) is 77.6 cm³/mol. The molecule has 1 rings (SSSR count). The van der Waals surface area contributed by atoms with Gasteiger partial charge in [0.05, 0.1) is 6.10 Å². The van der Waals surface area contributed by atoms with Gasteiger partial charge in [-0.1, -0.05) is 58.4 Å². The third-order valence-electron chi connectivity index (χ3n) is 3.47. The Balaban J connectivity index is 2.85. The molecule has 0 radical (unpaired) electrons. The highest BCUT2D eigenvalue weighted by Crippen LogP contribution is 2.33. The first-order chi connectivity index (χ1) is 8.40. The van der Waals surface area contributed by atoms with Crippen molar-refractivity contribution in [1.29, 1.82) is 0 Å². The largest absolute Gasteiger partial charge is 0.388 e. The van der Waals surface area contributed by atoms with E-state index in [-0.39, 0.29) is 5.41 Å². The smallest absolute Gasteiger partial charge is 0.0838 e. The van der Waals surface area contributed by atoms with Crippen molar-refractivity contribution in [2.24, 2.45) is 11.1 Å². The predicted octanol–water partition coefficient (Wildman–Crippen LogP) is 3.61. The van der Waals surface area contributed by atoms with Crippen molar-refractivity contribution in [3.63, 3.8) is 0 Å². The van der Waals surface area contributed by atoms with Crippen molar-refractivity contribution in [3.05, 3.63) is 35.4 Å². The summed E-state index contributed by atoms with van der Waals surface area (Å²) in [6, 6.07) is 8.28. The second-order valence-electron chi connectivity index (χ2n) is 6.16. The number of hydrogen-bond acceptors (Lipinski definition) is 2. The van der Waals surface area contributed by atoms with E-state index in [0.717, 1.165) is 18.4 Å². The van der Waals surface area contributed by atoms with Gasteiger partial charge in [0.1, 0.15) is 0 Å². The van der Waals surface area contributed by atoms with Gasteiger partial charge in [0.15, 0.2) is 0 Å². The Bertz CT molecular complexity index is 350. The van der Waals surface area contributed by atoms with Gasteiger partial charge >= 0.3 is 0 Å². The molecular formula is C16H27NO. The normalized spacial score (nSPS) is 15.4. The van der Waals surface area contributed by atoms with E-state index in [2.05, 4.69) is 19.1 Å². The van der Waals surface area contributed by atoms with Gasteiger partial charge in [-0.05, 0) is 35.4 Å². The van der Waals surface area contributed by atoms with E-state index < -0.39 is 6.10 Å². The fourth-order valence-electron chi connectivity index (χ4n) is 2.22. The highest BCUT2D eigenvalue weighted by Gasteiger charge is 2.23. The number of rotatable bonds is 5. The molecule has 0 aliphatic heterocycles.